The Hall–Kier alpha value is -0.120. The summed E-state index contributed by atoms with van der Waals surface area (Å²) < 4.78 is 0. The molecule has 0 saturated carbocycles. The average Bonchev–Trinajstić information content (AvgIpc) is 2.67. The molecule has 14 heavy (non-hydrogen) atoms. The van der Waals surface area contributed by atoms with Crippen molar-refractivity contribution in [2.24, 2.45) is 5.92 Å². The Morgan fingerprint density at radius 2 is 2.21 bits per heavy atom. The maximum atomic E-state index is 9.08. The van der Waals surface area contributed by atoms with E-state index in [9.17, 15) is 0 Å². The Balaban J connectivity index is 1.79. The molecular formula is C11H22N2O. The van der Waals surface area contributed by atoms with Crippen molar-refractivity contribution >= 4 is 0 Å². The van der Waals surface area contributed by atoms with Crippen LogP contribution in [0.1, 0.15) is 26.2 Å². The second-order valence-corrected chi connectivity index (χ2v) is 4.87. The van der Waals surface area contributed by atoms with Gasteiger partial charge >= 0.3 is 0 Å². The highest BCUT2D eigenvalue weighted by Gasteiger charge is 2.29. The molecule has 0 aromatic heterocycles. The number of rotatable bonds is 2. The second-order valence-electron chi connectivity index (χ2n) is 4.87. The van der Waals surface area contributed by atoms with Crippen LogP contribution in [0.4, 0.5) is 0 Å². The number of aliphatic hydroxyl groups excluding tert-OH is 1. The molecule has 3 atom stereocenters. The fourth-order valence-electron chi connectivity index (χ4n) is 2.64. The van der Waals surface area contributed by atoms with Crippen LogP contribution in [0.15, 0.2) is 0 Å². The quantitative estimate of drug-likeness (QED) is 0.676. The molecule has 2 fully saturated rings. The molecule has 0 spiro atoms. The maximum Gasteiger partial charge on any atom is 0.0471 e. The molecule has 2 saturated heterocycles. The van der Waals surface area contributed by atoms with E-state index >= 15 is 0 Å². The molecule has 0 aromatic rings. The Morgan fingerprint density at radius 1 is 1.36 bits per heavy atom. The fraction of sp³-hybridized carbons (Fsp3) is 1.00. The zero-order valence-electron chi connectivity index (χ0n) is 9.08. The first kappa shape index (κ1) is 10.4. The first-order valence-corrected chi connectivity index (χ1v) is 5.88. The Bertz CT molecular complexity index is 178. The lowest BCUT2D eigenvalue weighted by Crippen LogP contribution is -2.48. The van der Waals surface area contributed by atoms with Crippen molar-refractivity contribution in [3.8, 4) is 0 Å². The van der Waals surface area contributed by atoms with Crippen molar-refractivity contribution in [3.05, 3.63) is 0 Å². The van der Waals surface area contributed by atoms with Gasteiger partial charge in [-0.2, -0.15) is 0 Å². The molecule has 0 aliphatic carbocycles. The van der Waals surface area contributed by atoms with Gasteiger partial charge in [-0.25, -0.2) is 0 Å². The van der Waals surface area contributed by atoms with E-state index in [1.165, 1.54) is 25.8 Å². The topological polar surface area (TPSA) is 35.5 Å². The minimum atomic E-state index is 0.368. The van der Waals surface area contributed by atoms with E-state index in [0.29, 0.717) is 18.6 Å². The van der Waals surface area contributed by atoms with Crippen molar-refractivity contribution < 1.29 is 5.11 Å². The van der Waals surface area contributed by atoms with Crippen molar-refractivity contribution in [1.82, 2.24) is 10.2 Å². The molecule has 0 radical (unpaired) electrons. The van der Waals surface area contributed by atoms with Crippen LogP contribution in [0, 0.1) is 5.92 Å². The van der Waals surface area contributed by atoms with Crippen molar-refractivity contribution in [1.29, 1.82) is 0 Å². The van der Waals surface area contributed by atoms with Crippen LogP contribution in [0.3, 0.4) is 0 Å². The second kappa shape index (κ2) is 4.60. The van der Waals surface area contributed by atoms with Gasteiger partial charge in [-0.3, -0.25) is 4.90 Å². The number of aliphatic hydroxyl groups is 1. The van der Waals surface area contributed by atoms with Crippen LogP contribution in [-0.4, -0.2) is 48.3 Å². The van der Waals surface area contributed by atoms with E-state index in [1.807, 2.05) is 0 Å². The van der Waals surface area contributed by atoms with E-state index in [1.54, 1.807) is 0 Å². The Labute approximate surface area is 86.5 Å². The largest absolute Gasteiger partial charge is 0.396 e. The Morgan fingerprint density at radius 3 is 2.79 bits per heavy atom. The summed E-state index contributed by atoms with van der Waals surface area (Å²) >= 11 is 0. The van der Waals surface area contributed by atoms with Gasteiger partial charge in [-0.15, -0.1) is 0 Å². The highest BCUT2D eigenvalue weighted by atomic mass is 16.3. The third-order valence-electron chi connectivity index (χ3n) is 3.73. The lowest BCUT2D eigenvalue weighted by atomic mass is 10.0. The minimum absolute atomic E-state index is 0.368. The zero-order valence-corrected chi connectivity index (χ0v) is 9.08. The molecule has 2 rings (SSSR count). The van der Waals surface area contributed by atoms with Gasteiger partial charge < -0.3 is 10.4 Å². The molecule has 0 amide bonds. The van der Waals surface area contributed by atoms with Gasteiger partial charge in [0.05, 0.1) is 0 Å². The van der Waals surface area contributed by atoms with Gasteiger partial charge in [0.15, 0.2) is 0 Å². The van der Waals surface area contributed by atoms with E-state index in [4.69, 9.17) is 5.11 Å². The highest BCUT2D eigenvalue weighted by molar-refractivity contribution is 4.86. The third-order valence-corrected chi connectivity index (χ3v) is 3.73. The molecule has 2 N–H and O–H groups in total. The minimum Gasteiger partial charge on any atom is -0.396 e. The predicted molar refractivity (Wildman–Crippen MR) is 57.3 cm³/mol. The van der Waals surface area contributed by atoms with E-state index < -0.39 is 0 Å². The summed E-state index contributed by atoms with van der Waals surface area (Å²) in [5.41, 5.74) is 0. The molecule has 3 nitrogen and oxygen atoms in total. The average molecular weight is 198 g/mol. The molecule has 2 aliphatic rings. The lowest BCUT2D eigenvalue weighted by Gasteiger charge is -2.34. The molecule has 3 heteroatoms. The summed E-state index contributed by atoms with van der Waals surface area (Å²) in [5, 5.41) is 12.6. The number of hydrogen-bond donors (Lipinski definition) is 2. The summed E-state index contributed by atoms with van der Waals surface area (Å²) in [6.45, 7) is 6.06. The monoisotopic (exact) mass is 198 g/mol. The van der Waals surface area contributed by atoms with E-state index in [2.05, 4.69) is 17.1 Å². The van der Waals surface area contributed by atoms with Gasteiger partial charge in [0.25, 0.3) is 0 Å². The smallest absolute Gasteiger partial charge is 0.0471 e. The summed E-state index contributed by atoms with van der Waals surface area (Å²) in [7, 11) is 0. The van der Waals surface area contributed by atoms with Gasteiger partial charge in [0.2, 0.25) is 0 Å². The number of hydrogen-bond acceptors (Lipinski definition) is 3. The van der Waals surface area contributed by atoms with Crippen LogP contribution in [-0.2, 0) is 0 Å². The highest BCUT2D eigenvalue weighted by Crippen LogP contribution is 2.22. The standard InChI is InChI=1S/C11H22N2O/c1-9-2-3-11(6-12-9)13-5-4-10(7-13)8-14/h9-12,14H,2-8H2,1H3. The first-order valence-electron chi connectivity index (χ1n) is 5.88. The molecule has 82 valence electrons. The fourth-order valence-corrected chi connectivity index (χ4v) is 2.64. The zero-order chi connectivity index (χ0) is 9.97. The summed E-state index contributed by atoms with van der Waals surface area (Å²) in [6.07, 6.45) is 3.81. The molecule has 2 aliphatic heterocycles. The number of nitrogens with one attached hydrogen (secondary N) is 1. The van der Waals surface area contributed by atoms with Gasteiger partial charge in [-0.1, -0.05) is 0 Å². The van der Waals surface area contributed by atoms with Crippen LogP contribution in [0.2, 0.25) is 0 Å². The van der Waals surface area contributed by atoms with Gasteiger partial charge in [0, 0.05) is 31.8 Å². The Kier molecular flexibility index (Phi) is 3.42. The van der Waals surface area contributed by atoms with E-state index in [0.717, 1.165) is 19.1 Å². The molecule has 0 aromatic carbocycles. The van der Waals surface area contributed by atoms with Crippen LogP contribution >= 0.6 is 0 Å². The molecule has 3 unspecified atom stereocenters. The van der Waals surface area contributed by atoms with Gasteiger partial charge in [-0.05, 0) is 38.6 Å². The number of piperidine rings is 1. The summed E-state index contributed by atoms with van der Waals surface area (Å²) in [6, 6.07) is 1.42. The van der Waals surface area contributed by atoms with Crippen LogP contribution in [0.5, 0.6) is 0 Å². The summed E-state index contributed by atoms with van der Waals surface area (Å²) in [5.74, 6) is 0.536. The third kappa shape index (κ3) is 2.27. The van der Waals surface area contributed by atoms with Crippen molar-refractivity contribution in [3.63, 3.8) is 0 Å². The maximum absolute atomic E-state index is 9.08. The summed E-state index contributed by atoms with van der Waals surface area (Å²) in [4.78, 5) is 2.56. The molecule has 0 bridgehead atoms. The van der Waals surface area contributed by atoms with Gasteiger partial charge in [0.1, 0.15) is 0 Å². The SMILES string of the molecule is CC1CCC(N2CCC(CO)C2)CN1. The van der Waals surface area contributed by atoms with E-state index in [-0.39, 0.29) is 0 Å². The van der Waals surface area contributed by atoms with Crippen LogP contribution in [0.25, 0.3) is 0 Å². The first-order chi connectivity index (χ1) is 6.79. The molecular weight excluding hydrogens is 176 g/mol. The van der Waals surface area contributed by atoms with Crippen molar-refractivity contribution in [2.45, 2.75) is 38.3 Å². The number of likely N-dealkylation sites (tertiary alicyclic amines) is 1. The van der Waals surface area contributed by atoms with Crippen LogP contribution < -0.4 is 5.32 Å². The number of nitrogens with zero attached hydrogens (tertiary/aromatic N) is 1. The molecule has 2 heterocycles. The normalized spacial score (nSPS) is 40.3. The van der Waals surface area contributed by atoms with Crippen molar-refractivity contribution in [2.75, 3.05) is 26.2 Å². The lowest BCUT2D eigenvalue weighted by molar-refractivity contribution is 0.167. The predicted octanol–water partition coefficient (Wildman–Crippen LogP) is 0.441.